The highest BCUT2D eigenvalue weighted by Crippen LogP contribution is 2.22. The second-order valence-electron chi connectivity index (χ2n) is 6.82. The quantitative estimate of drug-likeness (QED) is 0.603. The van der Waals surface area contributed by atoms with Gasteiger partial charge < -0.3 is 10.6 Å². The van der Waals surface area contributed by atoms with Crippen molar-refractivity contribution in [1.29, 1.82) is 0 Å². The van der Waals surface area contributed by atoms with Gasteiger partial charge in [-0.25, -0.2) is 8.78 Å². The van der Waals surface area contributed by atoms with E-state index >= 15 is 0 Å². The van der Waals surface area contributed by atoms with Crippen LogP contribution in [0, 0.1) is 17.0 Å². The maximum Gasteiger partial charge on any atom is 0.239 e. The minimum Gasteiger partial charge on any atom is -0.355 e. The van der Waals surface area contributed by atoms with Crippen molar-refractivity contribution < 1.29 is 18.4 Å². The molecule has 4 nitrogen and oxygen atoms in total. The molecule has 1 aliphatic carbocycles. The molecule has 136 valence electrons. The number of benzene rings is 1. The van der Waals surface area contributed by atoms with Gasteiger partial charge in [-0.05, 0) is 58.1 Å². The molecule has 25 heavy (non-hydrogen) atoms. The van der Waals surface area contributed by atoms with Crippen LogP contribution in [0.2, 0.25) is 0 Å². The summed E-state index contributed by atoms with van der Waals surface area (Å²) in [5, 5.41) is 5.11. The van der Waals surface area contributed by atoms with Gasteiger partial charge in [-0.15, -0.1) is 0 Å². The molecule has 0 heterocycles. The minimum absolute atomic E-state index is 0.153. The highest BCUT2D eigenvalue weighted by atomic mass is 19.1. The van der Waals surface area contributed by atoms with Crippen molar-refractivity contribution >= 4 is 17.5 Å². The lowest BCUT2D eigenvalue weighted by Crippen LogP contribution is -2.45. The van der Waals surface area contributed by atoms with Crippen LogP contribution >= 0.6 is 0 Å². The number of rotatable bonds is 6. The number of hydrogen-bond donors (Lipinski definition) is 2. The normalized spacial score (nSPS) is 14.6. The Balaban J connectivity index is 1.90. The van der Waals surface area contributed by atoms with E-state index in [-0.39, 0.29) is 5.69 Å². The van der Waals surface area contributed by atoms with E-state index in [1.165, 1.54) is 32.3 Å². The lowest BCUT2D eigenvalue weighted by Gasteiger charge is -2.23. The van der Waals surface area contributed by atoms with Gasteiger partial charge in [0.25, 0.3) is 0 Å². The summed E-state index contributed by atoms with van der Waals surface area (Å²) in [6, 6.07) is 2.86. The Kier molecular flexibility index (Phi) is 6.28. The Morgan fingerprint density at radius 1 is 1.16 bits per heavy atom. The largest absolute Gasteiger partial charge is 0.355 e. The number of halogens is 2. The summed E-state index contributed by atoms with van der Waals surface area (Å²) in [5.41, 5.74) is -0.191. The third-order valence-electron chi connectivity index (χ3n) is 4.43. The summed E-state index contributed by atoms with van der Waals surface area (Å²) >= 11 is 0. The van der Waals surface area contributed by atoms with Crippen LogP contribution < -0.4 is 10.6 Å². The Morgan fingerprint density at radius 3 is 2.56 bits per heavy atom. The summed E-state index contributed by atoms with van der Waals surface area (Å²) in [6.07, 6.45) is 7.52. The van der Waals surface area contributed by atoms with Crippen molar-refractivity contribution in [3.05, 3.63) is 41.5 Å². The van der Waals surface area contributed by atoms with Crippen LogP contribution in [-0.2, 0) is 9.59 Å². The van der Waals surface area contributed by atoms with E-state index in [0.717, 1.165) is 31.4 Å². The number of amides is 2. The second kappa shape index (κ2) is 8.23. The predicted molar refractivity (Wildman–Crippen MR) is 92.9 cm³/mol. The van der Waals surface area contributed by atoms with Gasteiger partial charge in [0.2, 0.25) is 11.8 Å². The van der Waals surface area contributed by atoms with Gasteiger partial charge in [-0.1, -0.05) is 11.6 Å². The number of nitrogens with one attached hydrogen (secondary N) is 2. The molecule has 6 heteroatoms. The van der Waals surface area contributed by atoms with E-state index in [4.69, 9.17) is 0 Å². The monoisotopic (exact) mass is 350 g/mol. The first-order valence-corrected chi connectivity index (χ1v) is 8.53. The summed E-state index contributed by atoms with van der Waals surface area (Å²) in [6.45, 7) is 3.41. The first-order valence-electron chi connectivity index (χ1n) is 8.53. The zero-order valence-electron chi connectivity index (χ0n) is 14.6. The van der Waals surface area contributed by atoms with Crippen molar-refractivity contribution in [3.8, 4) is 0 Å². The smallest absolute Gasteiger partial charge is 0.239 e. The molecule has 0 unspecified atom stereocenters. The van der Waals surface area contributed by atoms with Crippen LogP contribution in [0.15, 0.2) is 29.8 Å². The van der Waals surface area contributed by atoms with E-state index in [2.05, 4.69) is 16.7 Å². The molecule has 1 aromatic rings. The molecule has 0 radical (unpaired) electrons. The van der Waals surface area contributed by atoms with Crippen LogP contribution in [0.3, 0.4) is 0 Å². The molecule has 0 spiro atoms. The molecule has 0 saturated carbocycles. The minimum atomic E-state index is -1.37. The topological polar surface area (TPSA) is 58.2 Å². The van der Waals surface area contributed by atoms with Crippen LogP contribution in [-0.4, -0.2) is 18.4 Å². The van der Waals surface area contributed by atoms with Gasteiger partial charge in [-0.3, -0.25) is 9.59 Å². The number of anilines is 1. The molecule has 2 N–H and O–H groups in total. The van der Waals surface area contributed by atoms with Gasteiger partial charge in [-0.2, -0.15) is 0 Å². The lowest BCUT2D eigenvalue weighted by atomic mass is 9.90. The fraction of sp³-hybridized carbons (Fsp3) is 0.474. The molecule has 1 aromatic carbocycles. The SMILES string of the molecule is CC(C)(C(=O)NCCC1=CCCCC1)C(=O)Nc1ccc(F)cc1F. The van der Waals surface area contributed by atoms with E-state index in [1.807, 2.05) is 0 Å². The van der Waals surface area contributed by atoms with Crippen LogP contribution in [0.25, 0.3) is 0 Å². The Bertz CT molecular complexity index is 684. The molecule has 0 aromatic heterocycles. The predicted octanol–water partition coefficient (Wildman–Crippen LogP) is 3.94. The van der Waals surface area contributed by atoms with Gasteiger partial charge >= 0.3 is 0 Å². The molecular formula is C19H24F2N2O2. The Labute approximate surface area is 146 Å². The zero-order valence-corrected chi connectivity index (χ0v) is 14.6. The highest BCUT2D eigenvalue weighted by molar-refractivity contribution is 6.09. The van der Waals surface area contributed by atoms with Gasteiger partial charge in [0.15, 0.2) is 0 Å². The van der Waals surface area contributed by atoms with Crippen molar-refractivity contribution in [2.75, 3.05) is 11.9 Å². The summed E-state index contributed by atoms with van der Waals surface area (Å²) in [7, 11) is 0. The molecule has 0 aliphatic heterocycles. The fourth-order valence-electron chi connectivity index (χ4n) is 2.66. The first kappa shape index (κ1) is 19.1. The molecule has 2 amide bonds. The summed E-state index contributed by atoms with van der Waals surface area (Å²) in [4.78, 5) is 24.7. The molecule has 0 fully saturated rings. The average molecular weight is 350 g/mol. The van der Waals surface area contributed by atoms with Crippen molar-refractivity contribution in [1.82, 2.24) is 5.32 Å². The molecular weight excluding hydrogens is 326 g/mol. The van der Waals surface area contributed by atoms with Gasteiger partial charge in [0.05, 0.1) is 5.69 Å². The van der Waals surface area contributed by atoms with Crippen LogP contribution in [0.4, 0.5) is 14.5 Å². The first-order chi connectivity index (χ1) is 11.8. The van der Waals surface area contributed by atoms with Gasteiger partial charge in [0, 0.05) is 12.6 Å². The zero-order chi connectivity index (χ0) is 18.4. The summed E-state index contributed by atoms with van der Waals surface area (Å²) in [5.74, 6) is -2.69. The standard InChI is InChI=1S/C19H24F2N2O2/c1-19(2,17(24)22-11-10-13-6-4-3-5-7-13)18(25)23-16-9-8-14(20)12-15(16)21/h6,8-9,12H,3-5,7,10-11H2,1-2H3,(H,22,24)(H,23,25). The van der Waals surface area contributed by atoms with Crippen LogP contribution in [0.5, 0.6) is 0 Å². The molecule has 1 aliphatic rings. The van der Waals surface area contributed by atoms with Crippen molar-refractivity contribution in [2.45, 2.75) is 46.0 Å². The average Bonchev–Trinajstić information content (AvgIpc) is 2.58. The lowest BCUT2D eigenvalue weighted by molar-refractivity contribution is -0.138. The van der Waals surface area contributed by atoms with Crippen LogP contribution in [0.1, 0.15) is 46.0 Å². The molecule has 0 bridgehead atoms. The van der Waals surface area contributed by atoms with Crippen molar-refractivity contribution in [2.24, 2.45) is 5.41 Å². The number of carbonyl (C=O) groups is 2. The molecule has 2 rings (SSSR count). The van der Waals surface area contributed by atoms with Gasteiger partial charge in [0.1, 0.15) is 17.0 Å². The Hall–Kier alpha value is -2.24. The third-order valence-corrected chi connectivity index (χ3v) is 4.43. The Morgan fingerprint density at radius 2 is 1.92 bits per heavy atom. The summed E-state index contributed by atoms with van der Waals surface area (Å²) < 4.78 is 26.6. The third kappa shape index (κ3) is 5.11. The van der Waals surface area contributed by atoms with Crippen molar-refractivity contribution in [3.63, 3.8) is 0 Å². The van der Waals surface area contributed by atoms with E-state index in [9.17, 15) is 18.4 Å². The molecule has 0 saturated heterocycles. The highest BCUT2D eigenvalue weighted by Gasteiger charge is 2.36. The second-order valence-corrected chi connectivity index (χ2v) is 6.82. The van der Waals surface area contributed by atoms with E-state index < -0.39 is 28.9 Å². The molecule has 0 atom stereocenters. The number of hydrogen-bond acceptors (Lipinski definition) is 2. The van der Waals surface area contributed by atoms with E-state index in [0.29, 0.717) is 12.6 Å². The maximum absolute atomic E-state index is 13.6. The number of allylic oxidation sites excluding steroid dienone is 1. The van der Waals surface area contributed by atoms with E-state index in [1.54, 1.807) is 0 Å². The maximum atomic E-state index is 13.6. The number of carbonyl (C=O) groups excluding carboxylic acids is 2. The fourth-order valence-corrected chi connectivity index (χ4v) is 2.66.